The van der Waals surface area contributed by atoms with Crippen LogP contribution in [0.4, 0.5) is 4.79 Å². The van der Waals surface area contributed by atoms with Crippen molar-refractivity contribution in [1.82, 2.24) is 5.43 Å². The predicted molar refractivity (Wildman–Crippen MR) is 86.1 cm³/mol. The SMILES string of the molecule is CCOc1c(Cl)cc(/C=N\NC(=O)OC(C)(C)C)cc1OC. The van der Waals surface area contributed by atoms with Crippen molar-refractivity contribution in [1.29, 1.82) is 0 Å². The lowest BCUT2D eigenvalue weighted by molar-refractivity contribution is 0.0529. The molecule has 0 unspecified atom stereocenters. The Morgan fingerprint density at radius 2 is 2.09 bits per heavy atom. The summed E-state index contributed by atoms with van der Waals surface area (Å²) in [4.78, 5) is 11.5. The number of nitrogens with one attached hydrogen (secondary N) is 1. The fraction of sp³-hybridized carbons (Fsp3) is 0.467. The van der Waals surface area contributed by atoms with Crippen LogP contribution in [0.15, 0.2) is 17.2 Å². The standard InChI is InChI=1S/C15H21ClN2O4/c1-6-21-13-11(16)7-10(8-12(13)20-5)9-17-18-14(19)22-15(2,3)4/h7-9H,6H2,1-5H3,(H,18,19)/b17-9-. The number of halogens is 1. The van der Waals surface area contributed by atoms with Crippen molar-refractivity contribution in [3.8, 4) is 11.5 Å². The average molecular weight is 329 g/mol. The van der Waals surface area contributed by atoms with Crippen LogP contribution in [0.3, 0.4) is 0 Å². The zero-order valence-corrected chi connectivity index (χ0v) is 14.2. The fourth-order valence-corrected chi connectivity index (χ4v) is 1.83. The first kappa shape index (κ1) is 18.1. The number of ether oxygens (including phenoxy) is 3. The molecule has 7 heteroatoms. The average Bonchev–Trinajstić information content (AvgIpc) is 2.39. The molecule has 0 saturated carbocycles. The monoisotopic (exact) mass is 328 g/mol. The van der Waals surface area contributed by atoms with Gasteiger partial charge in [0.25, 0.3) is 0 Å². The minimum atomic E-state index is -0.632. The third-order valence-corrected chi connectivity index (χ3v) is 2.59. The van der Waals surface area contributed by atoms with Crippen LogP contribution in [-0.4, -0.2) is 31.6 Å². The van der Waals surface area contributed by atoms with Gasteiger partial charge in [-0.05, 0) is 45.4 Å². The van der Waals surface area contributed by atoms with Crippen LogP contribution in [0, 0.1) is 0 Å². The van der Waals surface area contributed by atoms with E-state index in [-0.39, 0.29) is 0 Å². The van der Waals surface area contributed by atoms with Gasteiger partial charge in [-0.1, -0.05) is 11.6 Å². The van der Waals surface area contributed by atoms with Crippen molar-refractivity contribution in [3.05, 3.63) is 22.7 Å². The number of benzene rings is 1. The first-order valence-corrected chi connectivity index (χ1v) is 7.17. The van der Waals surface area contributed by atoms with Gasteiger partial charge in [0.15, 0.2) is 11.5 Å². The summed E-state index contributed by atoms with van der Waals surface area (Å²) in [6, 6.07) is 3.37. The Hall–Kier alpha value is -1.95. The molecule has 0 aromatic heterocycles. The molecule has 0 saturated heterocycles. The molecule has 1 amide bonds. The number of hydrogen-bond donors (Lipinski definition) is 1. The van der Waals surface area contributed by atoms with E-state index in [0.717, 1.165) is 0 Å². The topological polar surface area (TPSA) is 69.2 Å². The molecule has 0 bridgehead atoms. The molecule has 6 nitrogen and oxygen atoms in total. The highest BCUT2D eigenvalue weighted by atomic mass is 35.5. The summed E-state index contributed by atoms with van der Waals surface area (Å²) in [5, 5.41) is 4.22. The number of carbonyl (C=O) groups excluding carboxylic acids is 1. The van der Waals surface area contributed by atoms with Crippen LogP contribution in [0.25, 0.3) is 0 Å². The van der Waals surface area contributed by atoms with E-state index in [9.17, 15) is 4.79 Å². The van der Waals surface area contributed by atoms with Gasteiger partial charge in [0.2, 0.25) is 0 Å². The van der Waals surface area contributed by atoms with E-state index in [4.69, 9.17) is 25.8 Å². The molecular formula is C15H21ClN2O4. The molecular weight excluding hydrogens is 308 g/mol. The van der Waals surface area contributed by atoms with Crippen molar-refractivity contribution < 1.29 is 19.0 Å². The van der Waals surface area contributed by atoms with Gasteiger partial charge in [-0.2, -0.15) is 5.10 Å². The molecule has 0 aliphatic heterocycles. The summed E-state index contributed by atoms with van der Waals surface area (Å²) in [5.41, 5.74) is 2.35. The van der Waals surface area contributed by atoms with Gasteiger partial charge in [-0.25, -0.2) is 10.2 Å². The predicted octanol–water partition coefficient (Wildman–Crippen LogP) is 3.61. The molecule has 1 aromatic carbocycles. The number of hydrogen-bond acceptors (Lipinski definition) is 5. The van der Waals surface area contributed by atoms with Crippen molar-refractivity contribution in [2.45, 2.75) is 33.3 Å². The van der Waals surface area contributed by atoms with Crippen LogP contribution in [0.1, 0.15) is 33.3 Å². The highest BCUT2D eigenvalue weighted by Crippen LogP contribution is 2.35. The van der Waals surface area contributed by atoms with Gasteiger partial charge >= 0.3 is 6.09 Å². The second-order valence-electron chi connectivity index (χ2n) is 5.34. The zero-order chi connectivity index (χ0) is 16.8. The van der Waals surface area contributed by atoms with Crippen molar-refractivity contribution in [3.63, 3.8) is 0 Å². The molecule has 22 heavy (non-hydrogen) atoms. The van der Waals surface area contributed by atoms with Gasteiger partial charge in [-0.3, -0.25) is 0 Å². The lowest BCUT2D eigenvalue weighted by Crippen LogP contribution is -2.29. The molecule has 0 atom stereocenters. The van der Waals surface area contributed by atoms with E-state index in [1.54, 1.807) is 32.9 Å². The molecule has 0 spiro atoms. The third-order valence-electron chi connectivity index (χ3n) is 2.31. The molecule has 0 fully saturated rings. The smallest absolute Gasteiger partial charge is 0.428 e. The van der Waals surface area contributed by atoms with E-state index < -0.39 is 11.7 Å². The second kappa shape index (κ2) is 7.89. The Morgan fingerprint density at radius 3 is 2.64 bits per heavy atom. The summed E-state index contributed by atoms with van der Waals surface area (Å²) >= 11 is 6.14. The normalized spacial score (nSPS) is 11.4. The Balaban J connectivity index is 2.79. The molecule has 1 aromatic rings. The molecule has 1 N–H and O–H groups in total. The molecule has 122 valence electrons. The minimum absolute atomic E-state index is 0.403. The van der Waals surface area contributed by atoms with Gasteiger partial charge in [0.05, 0.1) is 25.0 Å². The van der Waals surface area contributed by atoms with E-state index in [2.05, 4.69) is 10.5 Å². The van der Waals surface area contributed by atoms with E-state index >= 15 is 0 Å². The Kier molecular flexibility index (Phi) is 6.49. The van der Waals surface area contributed by atoms with Crippen molar-refractivity contribution in [2.75, 3.05) is 13.7 Å². The summed E-state index contributed by atoms with van der Waals surface area (Å²) in [5.74, 6) is 0.969. The van der Waals surface area contributed by atoms with Gasteiger partial charge in [0.1, 0.15) is 5.60 Å². The molecule has 0 aliphatic carbocycles. The van der Waals surface area contributed by atoms with E-state index in [1.807, 2.05) is 6.92 Å². The highest BCUT2D eigenvalue weighted by Gasteiger charge is 2.15. The van der Waals surface area contributed by atoms with Crippen molar-refractivity contribution in [2.24, 2.45) is 5.10 Å². The molecule has 1 rings (SSSR count). The maximum absolute atomic E-state index is 11.5. The highest BCUT2D eigenvalue weighted by molar-refractivity contribution is 6.32. The summed E-state index contributed by atoms with van der Waals surface area (Å²) in [6.07, 6.45) is 0.807. The van der Waals surface area contributed by atoms with E-state index in [1.165, 1.54) is 13.3 Å². The lowest BCUT2D eigenvalue weighted by Gasteiger charge is -2.18. The van der Waals surface area contributed by atoms with Crippen LogP contribution < -0.4 is 14.9 Å². The number of nitrogens with zero attached hydrogens (tertiary/aromatic N) is 1. The molecule has 0 heterocycles. The Labute approximate surface area is 135 Å². The summed E-state index contributed by atoms with van der Waals surface area (Å²) < 4.78 is 15.7. The third kappa shape index (κ3) is 5.81. The number of carbonyl (C=O) groups is 1. The van der Waals surface area contributed by atoms with Crippen LogP contribution in [-0.2, 0) is 4.74 Å². The maximum Gasteiger partial charge on any atom is 0.428 e. The van der Waals surface area contributed by atoms with E-state index in [0.29, 0.717) is 28.7 Å². The maximum atomic E-state index is 11.5. The van der Waals surface area contributed by atoms with Gasteiger partial charge in [0, 0.05) is 0 Å². The van der Waals surface area contributed by atoms with Gasteiger partial charge in [-0.15, -0.1) is 0 Å². The van der Waals surface area contributed by atoms with Crippen LogP contribution in [0.5, 0.6) is 11.5 Å². The number of hydrazone groups is 1. The number of rotatable bonds is 5. The largest absolute Gasteiger partial charge is 0.493 e. The molecule has 0 radical (unpaired) electrons. The Bertz CT molecular complexity index is 553. The summed E-state index contributed by atoms with van der Waals surface area (Å²) in [7, 11) is 1.52. The second-order valence-corrected chi connectivity index (χ2v) is 5.75. The van der Waals surface area contributed by atoms with Crippen LogP contribution in [0.2, 0.25) is 5.02 Å². The van der Waals surface area contributed by atoms with Crippen LogP contribution >= 0.6 is 11.6 Å². The van der Waals surface area contributed by atoms with Crippen molar-refractivity contribution >= 4 is 23.9 Å². The minimum Gasteiger partial charge on any atom is -0.493 e. The summed E-state index contributed by atoms with van der Waals surface area (Å²) in [6.45, 7) is 7.65. The fourth-order valence-electron chi connectivity index (χ4n) is 1.56. The molecule has 0 aliphatic rings. The van der Waals surface area contributed by atoms with Gasteiger partial charge < -0.3 is 14.2 Å². The first-order chi connectivity index (χ1) is 10.3. The number of amides is 1. The quantitative estimate of drug-likeness (QED) is 0.662. The first-order valence-electron chi connectivity index (χ1n) is 6.79. The lowest BCUT2D eigenvalue weighted by atomic mass is 10.2. The zero-order valence-electron chi connectivity index (χ0n) is 13.4. The number of methoxy groups -OCH3 is 1. The Morgan fingerprint density at radius 1 is 1.41 bits per heavy atom.